The average molecular weight is 347 g/mol. The van der Waals surface area contributed by atoms with Crippen LogP contribution in [0.1, 0.15) is 0 Å². The summed E-state index contributed by atoms with van der Waals surface area (Å²) >= 11 is 3.34. The highest BCUT2D eigenvalue weighted by Gasteiger charge is 2.14. The standard InChI is InChI=1S/C12H7BrN6O2/c1-5-10(20)15-12(18-16-5)19-17-9-7-4-6(13)2-3-8(7)14-11(9)21/h2-4,14,21H,1H2. The van der Waals surface area contributed by atoms with Crippen molar-refractivity contribution in [2.45, 2.75) is 0 Å². The van der Waals surface area contributed by atoms with Gasteiger partial charge in [0.15, 0.2) is 5.69 Å². The van der Waals surface area contributed by atoms with E-state index in [1.165, 1.54) is 0 Å². The number of fused-ring (bicyclic) bond motifs is 1. The molecule has 0 saturated heterocycles. The Balaban J connectivity index is 2.00. The Morgan fingerprint density at radius 1 is 1.29 bits per heavy atom. The number of hydrogen-bond acceptors (Lipinski definition) is 6. The monoisotopic (exact) mass is 346 g/mol. The Labute approximate surface area is 126 Å². The highest BCUT2D eigenvalue weighted by atomic mass is 79.9. The first-order valence-electron chi connectivity index (χ1n) is 5.70. The number of rotatable bonds is 1. The molecule has 8 nitrogen and oxygen atoms in total. The van der Waals surface area contributed by atoms with Crippen molar-refractivity contribution < 1.29 is 9.90 Å². The maximum atomic E-state index is 11.3. The first kappa shape index (κ1) is 13.3. The van der Waals surface area contributed by atoms with Crippen LogP contribution < -0.4 is 0 Å². The number of hydrogen-bond donors (Lipinski definition) is 2. The van der Waals surface area contributed by atoms with Crippen LogP contribution in [0.4, 0.5) is 5.69 Å². The lowest BCUT2D eigenvalue weighted by molar-refractivity contribution is -0.114. The zero-order chi connectivity index (χ0) is 15.0. The van der Waals surface area contributed by atoms with E-state index < -0.39 is 5.91 Å². The third-order valence-electron chi connectivity index (χ3n) is 2.66. The summed E-state index contributed by atoms with van der Waals surface area (Å²) in [4.78, 5) is 17.6. The minimum atomic E-state index is -0.621. The van der Waals surface area contributed by atoms with Crippen LogP contribution in [-0.4, -0.2) is 22.0 Å². The Bertz CT molecular complexity index is 864. The third-order valence-corrected chi connectivity index (χ3v) is 3.16. The number of aromatic nitrogens is 1. The molecule has 21 heavy (non-hydrogen) atoms. The van der Waals surface area contributed by atoms with Crippen molar-refractivity contribution >= 4 is 44.4 Å². The van der Waals surface area contributed by atoms with E-state index in [9.17, 15) is 9.90 Å². The molecule has 1 aromatic carbocycles. The molecular formula is C12H7BrN6O2. The lowest BCUT2D eigenvalue weighted by Gasteiger charge is -1.98. The number of carbonyl (C=O) groups excluding carboxylic acids is 1. The maximum absolute atomic E-state index is 11.3. The number of aromatic hydroxyl groups is 1. The van der Waals surface area contributed by atoms with Crippen molar-refractivity contribution in [1.82, 2.24) is 4.98 Å². The predicted octanol–water partition coefficient (Wildman–Crippen LogP) is 3.58. The maximum Gasteiger partial charge on any atom is 0.300 e. The molecule has 0 aliphatic carbocycles. The number of nitrogens with zero attached hydrogens (tertiary/aromatic N) is 5. The summed E-state index contributed by atoms with van der Waals surface area (Å²) in [6.07, 6.45) is 0. The van der Waals surface area contributed by atoms with Crippen molar-refractivity contribution in [2.75, 3.05) is 0 Å². The number of carbonyl (C=O) groups is 1. The molecule has 0 bridgehead atoms. The number of halogens is 1. The molecule has 1 aliphatic heterocycles. The summed E-state index contributed by atoms with van der Waals surface area (Å²) in [5.74, 6) is -0.961. The molecular weight excluding hydrogens is 340 g/mol. The molecule has 1 aromatic heterocycles. The normalized spacial score (nSPS) is 15.2. The van der Waals surface area contributed by atoms with Gasteiger partial charge in [-0.15, -0.1) is 20.5 Å². The fourth-order valence-corrected chi connectivity index (χ4v) is 2.06. The van der Waals surface area contributed by atoms with Crippen molar-refractivity contribution in [3.05, 3.63) is 34.9 Å². The second kappa shape index (κ2) is 5.02. The molecule has 2 heterocycles. The Morgan fingerprint density at radius 3 is 2.86 bits per heavy atom. The second-order valence-electron chi connectivity index (χ2n) is 4.08. The van der Waals surface area contributed by atoms with Gasteiger partial charge in [0, 0.05) is 9.86 Å². The van der Waals surface area contributed by atoms with Crippen LogP contribution in [0.15, 0.2) is 60.4 Å². The van der Waals surface area contributed by atoms with Gasteiger partial charge in [0.2, 0.25) is 5.88 Å². The highest BCUT2D eigenvalue weighted by Crippen LogP contribution is 2.36. The molecule has 0 spiro atoms. The molecule has 1 amide bonds. The minimum absolute atomic E-state index is 0.0622. The van der Waals surface area contributed by atoms with Gasteiger partial charge < -0.3 is 10.1 Å². The number of H-pyrrole nitrogens is 1. The number of guanidine groups is 1. The van der Waals surface area contributed by atoms with Crippen LogP contribution in [-0.2, 0) is 4.79 Å². The third kappa shape index (κ3) is 2.50. The van der Waals surface area contributed by atoms with Gasteiger partial charge in [-0.05, 0) is 18.2 Å². The fraction of sp³-hybridized carbons (Fsp3) is 0. The predicted molar refractivity (Wildman–Crippen MR) is 78.6 cm³/mol. The molecule has 2 N–H and O–H groups in total. The first-order valence-corrected chi connectivity index (χ1v) is 6.49. The van der Waals surface area contributed by atoms with Gasteiger partial charge in [0.25, 0.3) is 11.9 Å². The molecule has 0 unspecified atom stereocenters. The number of azo groups is 2. The SMILES string of the molecule is C=C1N=NC(N=Nc2c(O)[nH]c3ccc(Br)cc23)=NC1=O. The number of nitrogens with one attached hydrogen (secondary N) is 1. The number of benzene rings is 1. The van der Waals surface area contributed by atoms with E-state index in [0.717, 1.165) is 4.47 Å². The van der Waals surface area contributed by atoms with Crippen molar-refractivity contribution in [2.24, 2.45) is 25.4 Å². The zero-order valence-corrected chi connectivity index (χ0v) is 12.0. The molecule has 1 aliphatic rings. The fourth-order valence-electron chi connectivity index (χ4n) is 1.70. The van der Waals surface area contributed by atoms with Gasteiger partial charge in [0.1, 0.15) is 5.70 Å². The molecule has 9 heteroatoms. The Hall–Kier alpha value is -2.68. The summed E-state index contributed by atoms with van der Waals surface area (Å²) in [5.41, 5.74) is 0.857. The van der Waals surface area contributed by atoms with Crippen molar-refractivity contribution in [1.29, 1.82) is 0 Å². The Morgan fingerprint density at radius 2 is 2.10 bits per heavy atom. The van der Waals surface area contributed by atoms with E-state index in [0.29, 0.717) is 10.9 Å². The van der Waals surface area contributed by atoms with E-state index in [4.69, 9.17) is 0 Å². The zero-order valence-electron chi connectivity index (χ0n) is 10.4. The molecule has 0 fully saturated rings. The quantitative estimate of drug-likeness (QED) is 0.606. The number of aromatic amines is 1. The molecule has 104 valence electrons. The molecule has 2 aromatic rings. The van der Waals surface area contributed by atoms with Gasteiger partial charge in [-0.2, -0.15) is 4.99 Å². The van der Waals surface area contributed by atoms with Gasteiger partial charge in [-0.1, -0.05) is 22.5 Å². The number of amides is 1. The topological polar surface area (TPSA) is 115 Å². The highest BCUT2D eigenvalue weighted by molar-refractivity contribution is 9.10. The van der Waals surface area contributed by atoms with Crippen LogP contribution in [0.25, 0.3) is 10.9 Å². The van der Waals surface area contributed by atoms with Crippen LogP contribution in [0.2, 0.25) is 0 Å². The summed E-state index contributed by atoms with van der Waals surface area (Å²) < 4.78 is 0.826. The molecule has 0 saturated carbocycles. The summed E-state index contributed by atoms with van der Waals surface area (Å²) in [5, 5.41) is 25.2. The lowest BCUT2D eigenvalue weighted by Crippen LogP contribution is -2.04. The van der Waals surface area contributed by atoms with Crippen LogP contribution >= 0.6 is 15.9 Å². The van der Waals surface area contributed by atoms with Gasteiger partial charge >= 0.3 is 0 Å². The van der Waals surface area contributed by atoms with Crippen molar-refractivity contribution in [3.63, 3.8) is 0 Å². The summed E-state index contributed by atoms with van der Waals surface area (Å²) in [7, 11) is 0. The lowest BCUT2D eigenvalue weighted by atomic mass is 10.2. The first-order chi connectivity index (χ1) is 10.0. The average Bonchev–Trinajstić information content (AvgIpc) is 2.75. The molecule has 0 radical (unpaired) electrons. The Kier molecular flexibility index (Phi) is 3.18. The van der Waals surface area contributed by atoms with Gasteiger partial charge in [-0.3, -0.25) is 4.79 Å². The molecule has 3 rings (SSSR count). The van der Waals surface area contributed by atoms with Crippen LogP contribution in [0, 0.1) is 0 Å². The van der Waals surface area contributed by atoms with E-state index in [1.54, 1.807) is 12.1 Å². The van der Waals surface area contributed by atoms with E-state index in [-0.39, 0.29) is 23.2 Å². The number of aliphatic imine (C=N–C) groups is 1. The van der Waals surface area contributed by atoms with Crippen LogP contribution in [0.3, 0.4) is 0 Å². The van der Waals surface area contributed by atoms with E-state index in [1.807, 2.05) is 6.07 Å². The molecule has 0 atom stereocenters. The largest absolute Gasteiger partial charge is 0.493 e. The van der Waals surface area contributed by atoms with E-state index >= 15 is 0 Å². The smallest absolute Gasteiger partial charge is 0.300 e. The summed E-state index contributed by atoms with van der Waals surface area (Å²) in [6, 6.07) is 5.38. The van der Waals surface area contributed by atoms with Gasteiger partial charge in [-0.25, -0.2) is 0 Å². The second-order valence-corrected chi connectivity index (χ2v) is 4.99. The van der Waals surface area contributed by atoms with Crippen LogP contribution in [0.5, 0.6) is 5.88 Å². The van der Waals surface area contributed by atoms with E-state index in [2.05, 4.69) is 52.9 Å². The minimum Gasteiger partial charge on any atom is -0.493 e. The van der Waals surface area contributed by atoms with Gasteiger partial charge in [0.05, 0.1) is 5.52 Å². The summed E-state index contributed by atoms with van der Waals surface area (Å²) in [6.45, 7) is 3.36. The van der Waals surface area contributed by atoms with Crippen molar-refractivity contribution in [3.8, 4) is 5.88 Å².